The number of hydrogen-bond donors (Lipinski definition) is 2. The molecule has 0 saturated carbocycles. The van der Waals surface area contributed by atoms with Crippen molar-refractivity contribution in [2.45, 2.75) is 13.1 Å². The van der Waals surface area contributed by atoms with Crippen molar-refractivity contribution >= 4 is 17.3 Å². The fourth-order valence-electron chi connectivity index (χ4n) is 1.65. The van der Waals surface area contributed by atoms with Gasteiger partial charge in [0.25, 0.3) is 0 Å². The molecule has 1 aromatic carbocycles. The number of anilines is 3. The second kappa shape index (κ2) is 5.36. The SMILES string of the molecule is CNc1cc(Nc2ccc(C(F)(F)F)cc2)nc(C)n1. The maximum Gasteiger partial charge on any atom is 0.416 e. The Kier molecular flexibility index (Phi) is 3.78. The van der Waals surface area contributed by atoms with Crippen LogP contribution in [0.3, 0.4) is 0 Å². The predicted molar refractivity (Wildman–Crippen MR) is 71.0 cm³/mol. The van der Waals surface area contributed by atoms with Gasteiger partial charge in [0, 0.05) is 18.8 Å². The van der Waals surface area contributed by atoms with E-state index in [1.165, 1.54) is 12.1 Å². The number of alkyl halides is 3. The summed E-state index contributed by atoms with van der Waals surface area (Å²) < 4.78 is 37.3. The summed E-state index contributed by atoms with van der Waals surface area (Å²) in [5.41, 5.74) is -0.156. The molecule has 0 atom stereocenters. The largest absolute Gasteiger partial charge is 0.416 e. The van der Waals surface area contributed by atoms with Crippen LogP contribution < -0.4 is 10.6 Å². The first-order chi connectivity index (χ1) is 9.38. The third-order valence-corrected chi connectivity index (χ3v) is 2.58. The first-order valence-electron chi connectivity index (χ1n) is 5.86. The lowest BCUT2D eigenvalue weighted by Gasteiger charge is -2.10. The van der Waals surface area contributed by atoms with E-state index in [4.69, 9.17) is 0 Å². The molecule has 20 heavy (non-hydrogen) atoms. The molecule has 0 aliphatic carbocycles. The van der Waals surface area contributed by atoms with Crippen LogP contribution in [0.5, 0.6) is 0 Å². The number of benzene rings is 1. The van der Waals surface area contributed by atoms with Gasteiger partial charge in [-0.15, -0.1) is 0 Å². The molecule has 1 aromatic heterocycles. The Hall–Kier alpha value is -2.31. The average molecular weight is 282 g/mol. The van der Waals surface area contributed by atoms with Crippen molar-refractivity contribution < 1.29 is 13.2 Å². The number of aromatic nitrogens is 2. The zero-order chi connectivity index (χ0) is 14.8. The van der Waals surface area contributed by atoms with Gasteiger partial charge in [0.05, 0.1) is 5.56 Å². The van der Waals surface area contributed by atoms with Crippen LogP contribution in [0.2, 0.25) is 0 Å². The molecule has 0 fully saturated rings. The van der Waals surface area contributed by atoms with Crippen LogP contribution in [0.25, 0.3) is 0 Å². The fourth-order valence-corrected chi connectivity index (χ4v) is 1.65. The fraction of sp³-hybridized carbons (Fsp3) is 0.231. The van der Waals surface area contributed by atoms with Crippen molar-refractivity contribution in [1.29, 1.82) is 0 Å². The highest BCUT2D eigenvalue weighted by molar-refractivity contribution is 5.59. The monoisotopic (exact) mass is 282 g/mol. The Morgan fingerprint density at radius 2 is 1.60 bits per heavy atom. The van der Waals surface area contributed by atoms with E-state index in [1.807, 2.05) is 0 Å². The van der Waals surface area contributed by atoms with Gasteiger partial charge in [0.15, 0.2) is 0 Å². The standard InChI is InChI=1S/C13H13F3N4/c1-8-18-11(17-2)7-12(19-8)20-10-5-3-9(4-6-10)13(14,15)16/h3-7H,1-2H3,(H2,17,18,19,20). The molecule has 2 rings (SSSR count). The smallest absolute Gasteiger partial charge is 0.373 e. The van der Waals surface area contributed by atoms with Gasteiger partial charge in [0.2, 0.25) is 0 Å². The molecule has 0 amide bonds. The number of rotatable bonds is 3. The molecule has 7 heteroatoms. The lowest BCUT2D eigenvalue weighted by molar-refractivity contribution is -0.137. The zero-order valence-electron chi connectivity index (χ0n) is 10.9. The van der Waals surface area contributed by atoms with E-state index in [-0.39, 0.29) is 0 Å². The first kappa shape index (κ1) is 14.1. The van der Waals surface area contributed by atoms with Gasteiger partial charge in [0.1, 0.15) is 17.5 Å². The highest BCUT2D eigenvalue weighted by atomic mass is 19.4. The van der Waals surface area contributed by atoms with Gasteiger partial charge >= 0.3 is 6.18 Å². The van der Waals surface area contributed by atoms with Crippen LogP contribution in [-0.4, -0.2) is 17.0 Å². The van der Waals surface area contributed by atoms with E-state index in [0.717, 1.165) is 12.1 Å². The first-order valence-corrected chi connectivity index (χ1v) is 5.86. The number of nitrogens with zero attached hydrogens (tertiary/aromatic N) is 2. The summed E-state index contributed by atoms with van der Waals surface area (Å²) in [6.07, 6.45) is -4.33. The highest BCUT2D eigenvalue weighted by Gasteiger charge is 2.29. The summed E-state index contributed by atoms with van der Waals surface area (Å²) in [7, 11) is 1.73. The van der Waals surface area contributed by atoms with Gasteiger partial charge in [-0.25, -0.2) is 9.97 Å². The highest BCUT2D eigenvalue weighted by Crippen LogP contribution is 2.30. The molecule has 0 aliphatic heterocycles. The van der Waals surface area contributed by atoms with Crippen molar-refractivity contribution in [3.05, 3.63) is 41.7 Å². The maximum absolute atomic E-state index is 12.4. The summed E-state index contributed by atoms with van der Waals surface area (Å²) in [5, 5.41) is 5.82. The summed E-state index contributed by atoms with van der Waals surface area (Å²) in [4.78, 5) is 8.29. The molecule has 1 heterocycles. The van der Waals surface area contributed by atoms with Crippen LogP contribution in [0.1, 0.15) is 11.4 Å². The summed E-state index contributed by atoms with van der Waals surface area (Å²) in [6, 6.07) is 6.44. The Morgan fingerprint density at radius 3 is 2.15 bits per heavy atom. The van der Waals surface area contributed by atoms with Crippen molar-refractivity contribution in [2.75, 3.05) is 17.7 Å². The molecular weight excluding hydrogens is 269 g/mol. The number of hydrogen-bond acceptors (Lipinski definition) is 4. The number of nitrogens with one attached hydrogen (secondary N) is 2. The minimum absolute atomic E-state index is 0.515. The minimum Gasteiger partial charge on any atom is -0.373 e. The third kappa shape index (κ3) is 3.37. The van der Waals surface area contributed by atoms with E-state index in [1.54, 1.807) is 20.0 Å². The normalized spacial score (nSPS) is 11.2. The van der Waals surface area contributed by atoms with Gasteiger partial charge in [-0.2, -0.15) is 13.2 Å². The Morgan fingerprint density at radius 1 is 1.00 bits per heavy atom. The van der Waals surface area contributed by atoms with E-state index >= 15 is 0 Å². The quantitative estimate of drug-likeness (QED) is 0.903. The summed E-state index contributed by atoms with van der Waals surface area (Å²) in [5.74, 6) is 1.71. The van der Waals surface area contributed by atoms with Gasteiger partial charge < -0.3 is 10.6 Å². The molecule has 0 aliphatic rings. The number of aryl methyl sites for hydroxylation is 1. The molecule has 2 aromatic rings. The molecule has 0 radical (unpaired) electrons. The van der Waals surface area contributed by atoms with Gasteiger partial charge in [-0.05, 0) is 31.2 Å². The van der Waals surface area contributed by atoms with Crippen LogP contribution in [0, 0.1) is 6.92 Å². The second-order valence-corrected chi connectivity index (χ2v) is 4.14. The lowest BCUT2D eigenvalue weighted by Crippen LogP contribution is -2.05. The van der Waals surface area contributed by atoms with Gasteiger partial charge in [-0.1, -0.05) is 0 Å². The molecule has 0 bridgehead atoms. The zero-order valence-corrected chi connectivity index (χ0v) is 10.9. The molecule has 4 nitrogen and oxygen atoms in total. The van der Waals surface area contributed by atoms with E-state index in [9.17, 15) is 13.2 Å². The summed E-state index contributed by atoms with van der Waals surface area (Å²) in [6.45, 7) is 1.73. The van der Waals surface area contributed by atoms with E-state index in [2.05, 4.69) is 20.6 Å². The van der Waals surface area contributed by atoms with Crippen molar-refractivity contribution in [3.8, 4) is 0 Å². The van der Waals surface area contributed by atoms with Crippen molar-refractivity contribution in [2.24, 2.45) is 0 Å². The van der Waals surface area contributed by atoms with E-state index in [0.29, 0.717) is 23.1 Å². The molecular formula is C13H13F3N4. The van der Waals surface area contributed by atoms with Crippen molar-refractivity contribution in [1.82, 2.24) is 9.97 Å². The maximum atomic E-state index is 12.4. The Bertz CT molecular complexity index is 594. The minimum atomic E-state index is -4.33. The predicted octanol–water partition coefficient (Wildman–Crippen LogP) is 3.59. The van der Waals surface area contributed by atoms with Crippen LogP contribution in [-0.2, 0) is 6.18 Å². The lowest BCUT2D eigenvalue weighted by atomic mass is 10.2. The van der Waals surface area contributed by atoms with Crippen LogP contribution >= 0.6 is 0 Å². The molecule has 0 saturated heterocycles. The third-order valence-electron chi connectivity index (χ3n) is 2.58. The average Bonchev–Trinajstić information content (AvgIpc) is 2.37. The molecule has 2 N–H and O–H groups in total. The Labute approximate surface area is 114 Å². The molecule has 0 unspecified atom stereocenters. The Balaban J connectivity index is 2.20. The van der Waals surface area contributed by atoms with Gasteiger partial charge in [-0.3, -0.25) is 0 Å². The topological polar surface area (TPSA) is 49.8 Å². The van der Waals surface area contributed by atoms with Crippen LogP contribution in [0.15, 0.2) is 30.3 Å². The molecule has 106 valence electrons. The van der Waals surface area contributed by atoms with Crippen LogP contribution in [0.4, 0.5) is 30.5 Å². The van der Waals surface area contributed by atoms with E-state index < -0.39 is 11.7 Å². The molecule has 0 spiro atoms. The number of halogens is 3. The van der Waals surface area contributed by atoms with Crippen molar-refractivity contribution in [3.63, 3.8) is 0 Å². The second-order valence-electron chi connectivity index (χ2n) is 4.14. The summed E-state index contributed by atoms with van der Waals surface area (Å²) >= 11 is 0.